The summed E-state index contributed by atoms with van der Waals surface area (Å²) in [6, 6.07) is 5.93. The van der Waals surface area contributed by atoms with Crippen LogP contribution in [0.5, 0.6) is 0 Å². The van der Waals surface area contributed by atoms with Crippen molar-refractivity contribution in [3.63, 3.8) is 0 Å². The van der Waals surface area contributed by atoms with Crippen LogP contribution in [0.25, 0.3) is 10.9 Å². The van der Waals surface area contributed by atoms with Crippen molar-refractivity contribution in [2.24, 2.45) is 0 Å². The van der Waals surface area contributed by atoms with E-state index in [0.29, 0.717) is 5.56 Å². The predicted molar refractivity (Wildman–Crippen MR) is 55.5 cm³/mol. The van der Waals surface area contributed by atoms with Crippen molar-refractivity contribution < 1.29 is 4.79 Å². The Morgan fingerprint density at radius 3 is 2.86 bits per heavy atom. The van der Waals surface area contributed by atoms with Crippen LogP contribution in [0, 0.1) is 0 Å². The van der Waals surface area contributed by atoms with Gasteiger partial charge in [-0.25, -0.2) is 0 Å². The molecule has 14 heavy (non-hydrogen) atoms. The van der Waals surface area contributed by atoms with E-state index < -0.39 is 0 Å². The van der Waals surface area contributed by atoms with Gasteiger partial charge in [-0.2, -0.15) is 5.10 Å². The maximum absolute atomic E-state index is 10.9. The lowest BCUT2D eigenvalue weighted by atomic mass is 10.1. The Hall–Kier alpha value is -1.64. The zero-order valence-corrected chi connectivity index (χ0v) is 8.27. The third-order valence-electron chi connectivity index (χ3n) is 2.26. The summed E-state index contributed by atoms with van der Waals surface area (Å²) < 4.78 is 1.87. The number of carbonyl (C=O) groups is 1. The molecular formula is C11H12N2O. The molecule has 1 heterocycles. The highest BCUT2D eigenvalue weighted by Gasteiger charge is 2.08. The molecule has 0 spiro atoms. The van der Waals surface area contributed by atoms with Crippen LogP contribution in [-0.2, 0) is 0 Å². The smallest absolute Gasteiger partial charge is 0.152 e. The first-order chi connectivity index (χ1) is 6.74. The molecule has 3 nitrogen and oxygen atoms in total. The van der Waals surface area contributed by atoms with Crippen LogP contribution < -0.4 is 0 Å². The molecule has 0 radical (unpaired) electrons. The SMILES string of the molecule is CC(C)n1ncc2cccc(C=O)c21. The second kappa shape index (κ2) is 3.25. The van der Waals surface area contributed by atoms with Crippen LogP contribution in [0.1, 0.15) is 30.2 Å². The van der Waals surface area contributed by atoms with Gasteiger partial charge in [0, 0.05) is 17.0 Å². The van der Waals surface area contributed by atoms with E-state index in [-0.39, 0.29) is 6.04 Å². The second-order valence-electron chi connectivity index (χ2n) is 3.59. The first-order valence-corrected chi connectivity index (χ1v) is 4.65. The molecule has 3 heteroatoms. The van der Waals surface area contributed by atoms with Crippen LogP contribution in [-0.4, -0.2) is 16.1 Å². The minimum atomic E-state index is 0.272. The summed E-state index contributed by atoms with van der Waals surface area (Å²) in [7, 11) is 0. The number of aldehydes is 1. The number of para-hydroxylation sites is 1. The summed E-state index contributed by atoms with van der Waals surface area (Å²) in [6.07, 6.45) is 2.67. The van der Waals surface area contributed by atoms with Crippen molar-refractivity contribution in [1.29, 1.82) is 0 Å². The molecule has 2 rings (SSSR count). The van der Waals surface area contributed by atoms with Crippen LogP contribution in [0.4, 0.5) is 0 Å². The highest BCUT2D eigenvalue weighted by Crippen LogP contribution is 2.20. The number of fused-ring (bicyclic) bond motifs is 1. The monoisotopic (exact) mass is 188 g/mol. The van der Waals surface area contributed by atoms with Gasteiger partial charge in [-0.15, -0.1) is 0 Å². The molecule has 0 N–H and O–H groups in total. The normalized spacial score (nSPS) is 11.1. The fourth-order valence-electron chi connectivity index (χ4n) is 1.62. The third kappa shape index (κ3) is 1.21. The Bertz CT molecular complexity index is 471. The Labute approximate surface area is 82.3 Å². The maximum atomic E-state index is 10.9. The van der Waals surface area contributed by atoms with E-state index in [1.807, 2.05) is 36.7 Å². The lowest BCUT2D eigenvalue weighted by Gasteiger charge is -2.07. The van der Waals surface area contributed by atoms with Gasteiger partial charge in [-0.05, 0) is 19.9 Å². The highest BCUT2D eigenvalue weighted by atomic mass is 16.1. The summed E-state index contributed by atoms with van der Waals surface area (Å²) in [4.78, 5) is 10.9. The molecule has 0 atom stereocenters. The second-order valence-corrected chi connectivity index (χ2v) is 3.59. The van der Waals surface area contributed by atoms with Crippen molar-refractivity contribution in [2.75, 3.05) is 0 Å². The summed E-state index contributed by atoms with van der Waals surface area (Å²) in [5.41, 5.74) is 1.63. The largest absolute Gasteiger partial charge is 0.298 e. The molecule has 2 aromatic rings. The molecule has 0 aliphatic rings. The van der Waals surface area contributed by atoms with Crippen LogP contribution in [0.15, 0.2) is 24.4 Å². The molecule has 0 fully saturated rings. The van der Waals surface area contributed by atoms with E-state index in [4.69, 9.17) is 0 Å². The van der Waals surface area contributed by atoms with Gasteiger partial charge in [0.1, 0.15) is 0 Å². The number of carbonyl (C=O) groups excluding carboxylic acids is 1. The fourth-order valence-corrected chi connectivity index (χ4v) is 1.62. The average molecular weight is 188 g/mol. The molecule has 1 aromatic heterocycles. The van der Waals surface area contributed by atoms with Crippen molar-refractivity contribution in [2.45, 2.75) is 19.9 Å². The van der Waals surface area contributed by atoms with Gasteiger partial charge < -0.3 is 0 Å². The Morgan fingerprint density at radius 2 is 2.21 bits per heavy atom. The van der Waals surface area contributed by atoms with Crippen LogP contribution in [0.2, 0.25) is 0 Å². The molecule has 0 amide bonds. The number of aromatic nitrogens is 2. The summed E-state index contributed by atoms with van der Waals surface area (Å²) >= 11 is 0. The van der Waals surface area contributed by atoms with Crippen molar-refractivity contribution in [3.05, 3.63) is 30.0 Å². The van der Waals surface area contributed by atoms with Gasteiger partial charge in [0.15, 0.2) is 6.29 Å². The Morgan fingerprint density at radius 1 is 1.43 bits per heavy atom. The van der Waals surface area contributed by atoms with Crippen LogP contribution >= 0.6 is 0 Å². The van der Waals surface area contributed by atoms with E-state index >= 15 is 0 Å². The first kappa shape index (κ1) is 8.94. The van der Waals surface area contributed by atoms with Gasteiger partial charge >= 0.3 is 0 Å². The van der Waals surface area contributed by atoms with E-state index in [9.17, 15) is 4.79 Å². The lowest BCUT2D eigenvalue weighted by molar-refractivity contribution is 0.112. The van der Waals surface area contributed by atoms with Gasteiger partial charge in [-0.1, -0.05) is 12.1 Å². The van der Waals surface area contributed by atoms with Crippen molar-refractivity contribution in [3.8, 4) is 0 Å². The molecule has 0 saturated heterocycles. The Balaban J connectivity index is 2.80. The van der Waals surface area contributed by atoms with E-state index in [0.717, 1.165) is 17.2 Å². The minimum Gasteiger partial charge on any atom is -0.298 e. The van der Waals surface area contributed by atoms with Gasteiger partial charge in [0.2, 0.25) is 0 Å². The number of hydrogen-bond donors (Lipinski definition) is 0. The van der Waals surface area contributed by atoms with Gasteiger partial charge in [-0.3, -0.25) is 9.48 Å². The van der Waals surface area contributed by atoms with E-state index in [2.05, 4.69) is 5.10 Å². The molecule has 0 aliphatic carbocycles. The standard InChI is InChI=1S/C11H12N2O/c1-8(2)13-11-9(6-12-13)4-3-5-10(11)7-14/h3-8H,1-2H3. The maximum Gasteiger partial charge on any atom is 0.152 e. The zero-order chi connectivity index (χ0) is 10.1. The molecule has 0 bridgehead atoms. The summed E-state index contributed by atoms with van der Waals surface area (Å²) in [6.45, 7) is 4.10. The predicted octanol–water partition coefficient (Wildman–Crippen LogP) is 2.43. The zero-order valence-electron chi connectivity index (χ0n) is 8.27. The van der Waals surface area contributed by atoms with E-state index in [1.165, 1.54) is 0 Å². The highest BCUT2D eigenvalue weighted by molar-refractivity contribution is 5.95. The quantitative estimate of drug-likeness (QED) is 0.678. The number of hydrogen-bond acceptors (Lipinski definition) is 2. The lowest BCUT2D eigenvalue weighted by Crippen LogP contribution is -2.03. The van der Waals surface area contributed by atoms with Gasteiger partial charge in [0.25, 0.3) is 0 Å². The molecule has 0 unspecified atom stereocenters. The van der Waals surface area contributed by atoms with Crippen molar-refractivity contribution >= 4 is 17.2 Å². The molecule has 72 valence electrons. The Kier molecular flexibility index (Phi) is 2.08. The number of rotatable bonds is 2. The van der Waals surface area contributed by atoms with Crippen LogP contribution in [0.3, 0.4) is 0 Å². The summed E-state index contributed by atoms with van der Waals surface area (Å²) in [5, 5.41) is 5.28. The fraction of sp³-hybridized carbons (Fsp3) is 0.273. The first-order valence-electron chi connectivity index (χ1n) is 4.65. The van der Waals surface area contributed by atoms with Crippen molar-refractivity contribution in [1.82, 2.24) is 9.78 Å². The van der Waals surface area contributed by atoms with E-state index in [1.54, 1.807) is 6.20 Å². The third-order valence-corrected chi connectivity index (χ3v) is 2.26. The topological polar surface area (TPSA) is 34.9 Å². The minimum absolute atomic E-state index is 0.272. The molecular weight excluding hydrogens is 176 g/mol. The number of nitrogens with zero attached hydrogens (tertiary/aromatic N) is 2. The number of benzene rings is 1. The molecule has 0 aliphatic heterocycles. The van der Waals surface area contributed by atoms with Gasteiger partial charge in [0.05, 0.1) is 11.7 Å². The molecule has 0 saturated carbocycles. The molecule has 1 aromatic carbocycles. The average Bonchev–Trinajstić information content (AvgIpc) is 2.60. The summed E-state index contributed by atoms with van der Waals surface area (Å²) in [5.74, 6) is 0.